The number of carbonyl (C=O) groups excluding carboxylic acids is 2. The second kappa shape index (κ2) is 9.84. The van der Waals surface area contributed by atoms with Gasteiger partial charge in [-0.1, -0.05) is 13.0 Å². The number of carbonyl (C=O) groups is 2. The molecule has 0 aliphatic rings. The van der Waals surface area contributed by atoms with Gasteiger partial charge in [-0.25, -0.2) is 18.4 Å². The summed E-state index contributed by atoms with van der Waals surface area (Å²) in [5.41, 5.74) is 2.03. The van der Waals surface area contributed by atoms with Crippen LogP contribution >= 0.6 is 0 Å². The van der Waals surface area contributed by atoms with E-state index < -0.39 is 17.6 Å². The van der Waals surface area contributed by atoms with Crippen LogP contribution in [0.2, 0.25) is 0 Å². The molecule has 0 aliphatic carbocycles. The molecule has 1 amide bonds. The van der Waals surface area contributed by atoms with E-state index in [0.29, 0.717) is 27.9 Å². The number of aromatic nitrogens is 3. The van der Waals surface area contributed by atoms with E-state index in [1.165, 1.54) is 18.1 Å². The van der Waals surface area contributed by atoms with E-state index in [1.54, 1.807) is 23.9 Å². The zero-order valence-corrected chi connectivity index (χ0v) is 18.6. The molecule has 32 heavy (non-hydrogen) atoms. The molecule has 0 saturated heterocycles. The average molecular weight is 444 g/mol. The number of methoxy groups -OCH3 is 1. The van der Waals surface area contributed by atoms with Gasteiger partial charge in [0.05, 0.1) is 36.7 Å². The Kier molecular flexibility index (Phi) is 7.17. The lowest BCUT2D eigenvalue weighted by atomic mass is 10.1. The molecule has 0 bridgehead atoms. The van der Waals surface area contributed by atoms with Crippen molar-refractivity contribution in [3.05, 3.63) is 58.9 Å². The van der Waals surface area contributed by atoms with E-state index in [1.807, 2.05) is 13.8 Å². The van der Waals surface area contributed by atoms with Gasteiger partial charge in [-0.3, -0.25) is 9.59 Å². The first-order valence-corrected chi connectivity index (χ1v) is 10.4. The SMILES string of the molecule is CCC(C)n1ncc2c(C(=O)N(CCC(=O)OC)Cc3ccc(F)c(F)c3)cc(C)nc21. The van der Waals surface area contributed by atoms with Crippen LogP contribution in [0, 0.1) is 18.6 Å². The number of pyridine rings is 1. The van der Waals surface area contributed by atoms with Crippen LogP contribution in [0.4, 0.5) is 8.78 Å². The van der Waals surface area contributed by atoms with Crippen LogP contribution in [0.3, 0.4) is 0 Å². The second-order valence-corrected chi connectivity index (χ2v) is 7.70. The largest absolute Gasteiger partial charge is 0.469 e. The predicted octanol–water partition coefficient (Wildman–Crippen LogP) is 4.19. The van der Waals surface area contributed by atoms with Gasteiger partial charge in [0.25, 0.3) is 5.91 Å². The van der Waals surface area contributed by atoms with Crippen molar-refractivity contribution < 1.29 is 23.1 Å². The molecule has 0 aliphatic heterocycles. The van der Waals surface area contributed by atoms with Gasteiger partial charge in [-0.2, -0.15) is 5.10 Å². The Labute approximate surface area is 185 Å². The van der Waals surface area contributed by atoms with Crippen molar-refractivity contribution in [2.75, 3.05) is 13.7 Å². The van der Waals surface area contributed by atoms with Crippen LogP contribution in [0.1, 0.15) is 54.3 Å². The zero-order chi connectivity index (χ0) is 23.4. The minimum absolute atomic E-state index is 0.00457. The highest BCUT2D eigenvalue weighted by molar-refractivity contribution is 6.05. The summed E-state index contributed by atoms with van der Waals surface area (Å²) in [6.45, 7) is 5.89. The Morgan fingerprint density at radius 1 is 1.22 bits per heavy atom. The number of rotatable bonds is 8. The quantitative estimate of drug-likeness (QED) is 0.487. The number of fused-ring (bicyclic) bond motifs is 1. The van der Waals surface area contributed by atoms with Crippen molar-refractivity contribution in [2.24, 2.45) is 0 Å². The van der Waals surface area contributed by atoms with E-state index in [4.69, 9.17) is 4.74 Å². The summed E-state index contributed by atoms with van der Waals surface area (Å²) >= 11 is 0. The monoisotopic (exact) mass is 444 g/mol. The van der Waals surface area contributed by atoms with Crippen LogP contribution in [-0.2, 0) is 16.1 Å². The highest BCUT2D eigenvalue weighted by Crippen LogP contribution is 2.24. The molecule has 0 spiro atoms. The molecule has 170 valence electrons. The molecule has 0 fully saturated rings. The normalized spacial score (nSPS) is 12.1. The van der Waals surface area contributed by atoms with Crippen molar-refractivity contribution in [1.82, 2.24) is 19.7 Å². The third-order valence-corrected chi connectivity index (χ3v) is 5.39. The summed E-state index contributed by atoms with van der Waals surface area (Å²) < 4.78 is 33.5. The Morgan fingerprint density at radius 3 is 2.62 bits per heavy atom. The molecule has 0 saturated carbocycles. The molecule has 0 N–H and O–H groups in total. The van der Waals surface area contributed by atoms with Gasteiger partial charge in [0.1, 0.15) is 0 Å². The first-order valence-electron chi connectivity index (χ1n) is 10.4. The predicted molar refractivity (Wildman–Crippen MR) is 115 cm³/mol. The maximum atomic E-state index is 13.7. The third kappa shape index (κ3) is 4.92. The van der Waals surface area contributed by atoms with Crippen molar-refractivity contribution in [3.63, 3.8) is 0 Å². The second-order valence-electron chi connectivity index (χ2n) is 7.70. The lowest BCUT2D eigenvalue weighted by molar-refractivity contribution is -0.140. The fraction of sp³-hybridized carbons (Fsp3) is 0.391. The van der Waals surface area contributed by atoms with Crippen LogP contribution in [0.25, 0.3) is 11.0 Å². The van der Waals surface area contributed by atoms with Crippen LogP contribution in [0.15, 0.2) is 30.5 Å². The smallest absolute Gasteiger partial charge is 0.307 e. The molecular formula is C23H26F2N4O3. The lowest BCUT2D eigenvalue weighted by Crippen LogP contribution is -2.33. The van der Waals surface area contributed by atoms with Gasteiger partial charge in [0, 0.05) is 18.8 Å². The zero-order valence-electron chi connectivity index (χ0n) is 18.6. The van der Waals surface area contributed by atoms with Gasteiger partial charge in [-0.05, 0) is 44.0 Å². The fourth-order valence-corrected chi connectivity index (χ4v) is 3.43. The van der Waals surface area contributed by atoms with E-state index in [9.17, 15) is 18.4 Å². The Hall–Kier alpha value is -3.36. The summed E-state index contributed by atoms with van der Waals surface area (Å²) in [5.74, 6) is -2.81. The summed E-state index contributed by atoms with van der Waals surface area (Å²) in [7, 11) is 1.27. The molecule has 9 heteroatoms. The van der Waals surface area contributed by atoms with Crippen LogP contribution < -0.4 is 0 Å². The summed E-state index contributed by atoms with van der Waals surface area (Å²) in [4.78, 5) is 31.2. The van der Waals surface area contributed by atoms with E-state index in [0.717, 1.165) is 18.6 Å². The van der Waals surface area contributed by atoms with Crippen molar-refractivity contribution >= 4 is 22.9 Å². The molecule has 7 nitrogen and oxygen atoms in total. The standard InChI is InChI=1S/C23H26F2N4O3/c1-5-15(3)29-22-18(12-26-29)17(10-14(2)27-22)23(31)28(9-8-21(30)32-4)13-16-6-7-19(24)20(25)11-16/h6-7,10-12,15H,5,8-9,13H2,1-4H3. The summed E-state index contributed by atoms with van der Waals surface area (Å²) in [6.07, 6.45) is 2.42. The fourth-order valence-electron chi connectivity index (χ4n) is 3.43. The number of nitrogens with zero attached hydrogens (tertiary/aromatic N) is 4. The van der Waals surface area contributed by atoms with Gasteiger partial charge >= 0.3 is 5.97 Å². The maximum absolute atomic E-state index is 13.7. The number of halogens is 2. The van der Waals surface area contributed by atoms with E-state index in [-0.39, 0.29) is 31.5 Å². The van der Waals surface area contributed by atoms with Crippen LogP contribution in [0.5, 0.6) is 0 Å². The third-order valence-electron chi connectivity index (χ3n) is 5.39. The molecular weight excluding hydrogens is 418 g/mol. The lowest BCUT2D eigenvalue weighted by Gasteiger charge is -2.23. The first-order chi connectivity index (χ1) is 15.2. The number of hydrogen-bond acceptors (Lipinski definition) is 5. The first kappa shape index (κ1) is 23.3. The topological polar surface area (TPSA) is 77.3 Å². The molecule has 1 atom stereocenters. The average Bonchev–Trinajstić information content (AvgIpc) is 3.20. The molecule has 0 radical (unpaired) electrons. The maximum Gasteiger partial charge on any atom is 0.307 e. The highest BCUT2D eigenvalue weighted by Gasteiger charge is 2.23. The number of hydrogen-bond donors (Lipinski definition) is 0. The molecule has 1 aromatic carbocycles. The Bertz CT molecular complexity index is 1150. The van der Waals surface area contributed by atoms with E-state index in [2.05, 4.69) is 10.1 Å². The Morgan fingerprint density at radius 2 is 1.97 bits per heavy atom. The van der Waals surface area contributed by atoms with E-state index >= 15 is 0 Å². The van der Waals surface area contributed by atoms with Gasteiger partial charge in [0.2, 0.25) is 0 Å². The molecule has 3 aromatic rings. The molecule has 2 aromatic heterocycles. The minimum Gasteiger partial charge on any atom is -0.469 e. The van der Waals surface area contributed by atoms with Gasteiger partial charge in [0.15, 0.2) is 17.3 Å². The molecule has 3 rings (SSSR count). The minimum atomic E-state index is -1.00. The van der Waals surface area contributed by atoms with Crippen LogP contribution in [-0.4, -0.2) is 45.2 Å². The van der Waals surface area contributed by atoms with Gasteiger partial charge in [-0.15, -0.1) is 0 Å². The summed E-state index contributed by atoms with van der Waals surface area (Å²) in [5, 5.41) is 5.01. The van der Waals surface area contributed by atoms with Crippen molar-refractivity contribution in [1.29, 1.82) is 0 Å². The number of esters is 1. The van der Waals surface area contributed by atoms with Gasteiger partial charge < -0.3 is 9.64 Å². The Balaban J connectivity index is 2.01. The number of benzene rings is 1. The summed E-state index contributed by atoms with van der Waals surface area (Å²) in [6, 6.07) is 5.23. The molecule has 2 heterocycles. The molecule has 1 unspecified atom stereocenters. The number of amides is 1. The number of ether oxygens (including phenoxy) is 1. The number of aryl methyl sites for hydroxylation is 1. The van der Waals surface area contributed by atoms with Crippen molar-refractivity contribution in [2.45, 2.75) is 46.2 Å². The van der Waals surface area contributed by atoms with Crippen molar-refractivity contribution in [3.8, 4) is 0 Å². The highest BCUT2D eigenvalue weighted by atomic mass is 19.2.